The number of aromatic nitrogens is 1. The number of hydrogen-bond acceptors (Lipinski definition) is 5. The molecule has 1 aliphatic rings. The fourth-order valence-electron chi connectivity index (χ4n) is 3.47. The van der Waals surface area contributed by atoms with Crippen molar-refractivity contribution in [1.82, 2.24) is 9.29 Å². The summed E-state index contributed by atoms with van der Waals surface area (Å²) in [6, 6.07) is 13.8. The number of hydrogen-bond donors (Lipinski definition) is 1. The van der Waals surface area contributed by atoms with E-state index in [0.717, 1.165) is 29.7 Å². The van der Waals surface area contributed by atoms with Crippen molar-refractivity contribution in [3.63, 3.8) is 0 Å². The second kappa shape index (κ2) is 9.48. The minimum atomic E-state index is -3.59. The highest BCUT2D eigenvalue weighted by Crippen LogP contribution is 2.24. The molecule has 0 spiro atoms. The average Bonchev–Trinajstić information content (AvgIpc) is 3.22. The van der Waals surface area contributed by atoms with Crippen LogP contribution in [0.1, 0.15) is 40.1 Å². The third kappa shape index (κ3) is 5.33. The number of benzene rings is 2. The minimum absolute atomic E-state index is 0.143. The topological polar surface area (TPSA) is 79.4 Å². The number of amides is 1. The van der Waals surface area contributed by atoms with Crippen LogP contribution in [0.3, 0.4) is 0 Å². The van der Waals surface area contributed by atoms with E-state index >= 15 is 0 Å². The SMILES string of the molecule is O=C(Nc1ncc(Cc2ccc(Cl)cc2)s1)c1cccc(S(=O)(=O)N2CCCCC2)c1. The number of carbonyl (C=O) groups is 1. The number of anilines is 1. The summed E-state index contributed by atoms with van der Waals surface area (Å²) in [5.41, 5.74) is 1.38. The smallest absolute Gasteiger partial charge is 0.257 e. The maximum Gasteiger partial charge on any atom is 0.257 e. The molecule has 9 heteroatoms. The molecule has 0 radical (unpaired) electrons. The van der Waals surface area contributed by atoms with E-state index in [4.69, 9.17) is 11.6 Å². The highest BCUT2D eigenvalue weighted by molar-refractivity contribution is 7.89. The zero-order chi connectivity index (χ0) is 21.8. The van der Waals surface area contributed by atoms with E-state index < -0.39 is 10.0 Å². The second-order valence-electron chi connectivity index (χ2n) is 7.38. The molecule has 1 fully saturated rings. The first-order valence-electron chi connectivity index (χ1n) is 10.0. The molecule has 4 rings (SSSR count). The summed E-state index contributed by atoms with van der Waals surface area (Å²) in [7, 11) is -3.59. The van der Waals surface area contributed by atoms with Crippen molar-refractivity contribution < 1.29 is 13.2 Å². The van der Waals surface area contributed by atoms with Gasteiger partial charge in [0.05, 0.1) is 4.90 Å². The molecule has 1 amide bonds. The summed E-state index contributed by atoms with van der Waals surface area (Å²) >= 11 is 7.30. The van der Waals surface area contributed by atoms with Crippen molar-refractivity contribution in [2.45, 2.75) is 30.6 Å². The van der Waals surface area contributed by atoms with Gasteiger partial charge in [0.25, 0.3) is 5.91 Å². The van der Waals surface area contributed by atoms with Gasteiger partial charge in [-0.05, 0) is 48.7 Å². The van der Waals surface area contributed by atoms with Gasteiger partial charge in [-0.25, -0.2) is 13.4 Å². The summed E-state index contributed by atoms with van der Waals surface area (Å²) in [5.74, 6) is -0.386. The molecule has 0 saturated carbocycles. The van der Waals surface area contributed by atoms with Crippen molar-refractivity contribution in [1.29, 1.82) is 0 Å². The quantitative estimate of drug-likeness (QED) is 0.554. The van der Waals surface area contributed by atoms with Gasteiger partial charge in [0.15, 0.2) is 5.13 Å². The average molecular weight is 476 g/mol. The number of nitrogens with zero attached hydrogens (tertiary/aromatic N) is 2. The number of sulfonamides is 1. The number of thiazole rings is 1. The lowest BCUT2D eigenvalue weighted by Gasteiger charge is -2.26. The normalized spacial score (nSPS) is 15.0. The zero-order valence-electron chi connectivity index (χ0n) is 16.8. The first-order valence-corrected chi connectivity index (χ1v) is 12.7. The summed E-state index contributed by atoms with van der Waals surface area (Å²) < 4.78 is 27.3. The molecule has 2 aromatic carbocycles. The van der Waals surface area contributed by atoms with E-state index in [1.807, 2.05) is 24.3 Å². The highest BCUT2D eigenvalue weighted by Gasteiger charge is 2.26. The van der Waals surface area contributed by atoms with Gasteiger partial charge in [0, 0.05) is 41.2 Å². The summed E-state index contributed by atoms with van der Waals surface area (Å²) in [5, 5.41) is 3.93. The number of nitrogens with one attached hydrogen (secondary N) is 1. The lowest BCUT2D eigenvalue weighted by molar-refractivity contribution is 0.102. The largest absolute Gasteiger partial charge is 0.298 e. The Morgan fingerprint density at radius 2 is 1.84 bits per heavy atom. The Hall–Kier alpha value is -2.26. The molecule has 2 heterocycles. The van der Waals surface area contributed by atoms with Crippen molar-refractivity contribution in [2.24, 2.45) is 0 Å². The van der Waals surface area contributed by atoms with Crippen LogP contribution in [0.4, 0.5) is 5.13 Å². The molecule has 0 aliphatic carbocycles. The molecular formula is C22H22ClN3O3S2. The Balaban J connectivity index is 1.45. The van der Waals surface area contributed by atoms with Gasteiger partial charge in [-0.15, -0.1) is 11.3 Å². The fraction of sp³-hybridized carbons (Fsp3) is 0.273. The molecule has 0 unspecified atom stereocenters. The van der Waals surface area contributed by atoms with E-state index in [9.17, 15) is 13.2 Å². The zero-order valence-corrected chi connectivity index (χ0v) is 19.1. The molecule has 0 bridgehead atoms. The maximum absolute atomic E-state index is 12.9. The van der Waals surface area contributed by atoms with Crippen molar-refractivity contribution in [3.8, 4) is 0 Å². The third-order valence-corrected chi connectivity index (χ3v) is 8.17. The highest BCUT2D eigenvalue weighted by atomic mass is 35.5. The van der Waals surface area contributed by atoms with Gasteiger partial charge in [0.2, 0.25) is 10.0 Å². The van der Waals surface area contributed by atoms with Gasteiger partial charge in [-0.2, -0.15) is 4.31 Å². The van der Waals surface area contributed by atoms with Crippen LogP contribution >= 0.6 is 22.9 Å². The minimum Gasteiger partial charge on any atom is -0.298 e. The van der Waals surface area contributed by atoms with Crippen molar-refractivity contribution in [2.75, 3.05) is 18.4 Å². The van der Waals surface area contributed by atoms with E-state index in [1.165, 1.54) is 27.8 Å². The number of carbonyl (C=O) groups excluding carboxylic acids is 1. The van der Waals surface area contributed by atoms with Crippen molar-refractivity contribution in [3.05, 3.63) is 75.8 Å². The third-order valence-electron chi connectivity index (χ3n) is 5.11. The van der Waals surface area contributed by atoms with Crippen LogP contribution in [0.2, 0.25) is 5.02 Å². The molecule has 3 aromatic rings. The van der Waals surface area contributed by atoms with E-state index in [1.54, 1.807) is 18.3 Å². The first-order chi connectivity index (χ1) is 14.9. The molecule has 0 atom stereocenters. The van der Waals surface area contributed by atoms with Crippen LogP contribution in [-0.2, 0) is 16.4 Å². The Kier molecular flexibility index (Phi) is 6.71. The van der Waals surface area contributed by atoms with E-state index in [2.05, 4.69) is 10.3 Å². The van der Waals surface area contributed by atoms with Gasteiger partial charge < -0.3 is 0 Å². The molecule has 162 valence electrons. The fourth-order valence-corrected chi connectivity index (χ4v) is 6.00. The maximum atomic E-state index is 12.9. The Morgan fingerprint density at radius 1 is 1.10 bits per heavy atom. The predicted molar refractivity (Wildman–Crippen MR) is 123 cm³/mol. The Labute approximate surface area is 190 Å². The number of piperidine rings is 1. The number of halogens is 1. The van der Waals surface area contributed by atoms with Crippen LogP contribution in [0, 0.1) is 0 Å². The molecule has 1 aromatic heterocycles. The molecule has 1 saturated heterocycles. The van der Waals surface area contributed by atoms with Gasteiger partial charge >= 0.3 is 0 Å². The van der Waals surface area contributed by atoms with Crippen LogP contribution < -0.4 is 5.32 Å². The lowest BCUT2D eigenvalue weighted by atomic mass is 10.1. The van der Waals surface area contributed by atoms with Crippen LogP contribution in [0.15, 0.2) is 59.6 Å². The molecule has 1 aliphatic heterocycles. The standard InChI is InChI=1S/C22H22ClN3O3S2/c23-18-9-7-16(8-10-18)13-19-15-24-22(30-19)25-21(27)17-5-4-6-20(14-17)31(28,29)26-11-2-1-3-12-26/h4-10,14-15H,1-3,11-13H2,(H,24,25,27). The van der Waals surface area contributed by atoms with Crippen LogP contribution in [0.5, 0.6) is 0 Å². The van der Waals surface area contributed by atoms with Gasteiger partial charge in [0.1, 0.15) is 0 Å². The van der Waals surface area contributed by atoms with E-state index in [0.29, 0.717) is 29.7 Å². The Bertz CT molecular complexity index is 1170. The Morgan fingerprint density at radius 3 is 2.58 bits per heavy atom. The first kappa shape index (κ1) is 22.0. The predicted octanol–water partition coefficient (Wildman–Crippen LogP) is 4.81. The van der Waals surface area contributed by atoms with Gasteiger partial charge in [-0.1, -0.05) is 36.2 Å². The lowest BCUT2D eigenvalue weighted by Crippen LogP contribution is -2.35. The molecular weight excluding hydrogens is 454 g/mol. The van der Waals surface area contributed by atoms with Crippen LogP contribution in [0.25, 0.3) is 0 Å². The molecule has 31 heavy (non-hydrogen) atoms. The van der Waals surface area contributed by atoms with E-state index in [-0.39, 0.29) is 16.4 Å². The summed E-state index contributed by atoms with van der Waals surface area (Å²) in [4.78, 5) is 18.1. The van der Waals surface area contributed by atoms with Crippen molar-refractivity contribution >= 4 is 44.0 Å². The molecule has 1 N–H and O–H groups in total. The molecule has 6 nitrogen and oxygen atoms in total. The monoisotopic (exact) mass is 475 g/mol. The summed E-state index contributed by atoms with van der Waals surface area (Å²) in [6.45, 7) is 1.04. The van der Waals surface area contributed by atoms with Gasteiger partial charge in [-0.3, -0.25) is 10.1 Å². The summed E-state index contributed by atoms with van der Waals surface area (Å²) in [6.07, 6.45) is 5.19. The van der Waals surface area contributed by atoms with Crippen LogP contribution in [-0.4, -0.2) is 36.7 Å². The number of rotatable bonds is 6. The second-order valence-corrected chi connectivity index (χ2v) is 10.9.